The number of hydrogen-bond acceptors (Lipinski definition) is 3. The normalized spacial score (nSPS) is 16.1. The molecule has 0 amide bonds. The van der Waals surface area contributed by atoms with Gasteiger partial charge in [0.25, 0.3) is 4.84 Å². The summed E-state index contributed by atoms with van der Waals surface area (Å²) in [5.41, 5.74) is 0.940. The van der Waals surface area contributed by atoms with Gasteiger partial charge in [0.2, 0.25) is 5.89 Å². The molecule has 19 heavy (non-hydrogen) atoms. The Balaban J connectivity index is 1.86. The predicted molar refractivity (Wildman–Crippen MR) is 78.4 cm³/mol. The van der Waals surface area contributed by atoms with Crippen molar-refractivity contribution < 1.29 is 9.32 Å². The molecule has 0 unspecified atom stereocenters. The summed E-state index contributed by atoms with van der Waals surface area (Å²) < 4.78 is 8.40. The fourth-order valence-corrected chi connectivity index (χ4v) is 2.97. The lowest BCUT2D eigenvalue weighted by molar-refractivity contribution is -0.911. The molecule has 1 N–H and O–H groups in total. The molecule has 1 aliphatic heterocycles. The second-order valence-corrected chi connectivity index (χ2v) is 6.06. The topological polar surface area (TPSA) is 35.4 Å². The van der Waals surface area contributed by atoms with Crippen LogP contribution in [0.3, 0.4) is 0 Å². The lowest BCUT2D eigenvalue weighted by atomic mass is 10.2. The van der Waals surface area contributed by atoms with Crippen LogP contribution >= 0.6 is 28.1 Å². The van der Waals surface area contributed by atoms with Crippen LogP contribution in [0.4, 0.5) is 0 Å². The largest absolute Gasteiger partial charge is 0.409 e. The first kappa shape index (κ1) is 13.0. The highest BCUT2D eigenvalue weighted by atomic mass is 79.9. The molecule has 0 bridgehead atoms. The molecule has 1 saturated heterocycles. The number of halogens is 1. The molecular weight excluding hydrogens is 326 g/mol. The van der Waals surface area contributed by atoms with E-state index in [0.717, 1.165) is 16.7 Å². The molecule has 0 aliphatic carbocycles. The van der Waals surface area contributed by atoms with Crippen molar-refractivity contribution in [3.05, 3.63) is 33.6 Å². The predicted octanol–water partition coefficient (Wildman–Crippen LogP) is 2.27. The maximum Gasteiger partial charge on any atom is 0.292 e. The van der Waals surface area contributed by atoms with Gasteiger partial charge in [-0.1, -0.05) is 22.0 Å². The Morgan fingerprint density at radius 2 is 2.16 bits per heavy atom. The van der Waals surface area contributed by atoms with Crippen LogP contribution in [-0.2, 0) is 6.67 Å². The van der Waals surface area contributed by atoms with Crippen molar-refractivity contribution in [2.45, 2.75) is 19.5 Å². The summed E-state index contributed by atoms with van der Waals surface area (Å²) in [7, 11) is 0. The van der Waals surface area contributed by atoms with Crippen LogP contribution < -0.4 is 4.90 Å². The minimum atomic E-state index is 0.453. The van der Waals surface area contributed by atoms with E-state index in [4.69, 9.17) is 16.6 Å². The highest BCUT2D eigenvalue weighted by Gasteiger charge is 2.18. The van der Waals surface area contributed by atoms with Crippen molar-refractivity contribution in [1.29, 1.82) is 0 Å². The maximum absolute atomic E-state index is 5.60. The van der Waals surface area contributed by atoms with Crippen molar-refractivity contribution in [3.8, 4) is 11.5 Å². The third-order valence-electron chi connectivity index (χ3n) is 3.36. The first-order chi connectivity index (χ1) is 9.22. The molecular formula is C13H15BrN3OS+. The Morgan fingerprint density at radius 3 is 2.89 bits per heavy atom. The maximum atomic E-state index is 5.60. The number of nitrogens with one attached hydrogen (secondary N) is 1. The van der Waals surface area contributed by atoms with Crippen molar-refractivity contribution in [3.63, 3.8) is 0 Å². The molecule has 1 aromatic carbocycles. The number of quaternary nitrogens is 1. The van der Waals surface area contributed by atoms with E-state index in [1.165, 1.54) is 30.8 Å². The second kappa shape index (κ2) is 5.56. The number of benzene rings is 1. The van der Waals surface area contributed by atoms with Gasteiger partial charge in [0, 0.05) is 22.9 Å². The fourth-order valence-electron chi connectivity index (χ4n) is 2.39. The molecule has 1 aromatic heterocycles. The summed E-state index contributed by atoms with van der Waals surface area (Å²) in [4.78, 5) is 1.97. The standard InChI is InChI=1S/C13H14BrN3OS/c14-11-5-3-4-10(8-11)12-15-17(13(19)18-12)9-16-6-1-2-7-16/h3-5,8H,1-2,6-7,9H2/p+1. The Morgan fingerprint density at radius 1 is 1.37 bits per heavy atom. The second-order valence-electron chi connectivity index (χ2n) is 4.80. The van der Waals surface area contributed by atoms with Crippen LogP contribution in [0, 0.1) is 4.84 Å². The van der Waals surface area contributed by atoms with Crippen LogP contribution in [0.5, 0.6) is 0 Å². The highest BCUT2D eigenvalue weighted by molar-refractivity contribution is 9.10. The van der Waals surface area contributed by atoms with E-state index >= 15 is 0 Å². The van der Waals surface area contributed by atoms with Gasteiger partial charge < -0.3 is 9.32 Å². The van der Waals surface area contributed by atoms with Gasteiger partial charge in [-0.15, -0.1) is 5.10 Å². The van der Waals surface area contributed by atoms with Gasteiger partial charge in [-0.2, -0.15) is 4.68 Å². The zero-order chi connectivity index (χ0) is 13.2. The lowest BCUT2D eigenvalue weighted by Crippen LogP contribution is -3.09. The van der Waals surface area contributed by atoms with Crippen LogP contribution in [0.25, 0.3) is 11.5 Å². The number of hydrogen-bond donors (Lipinski definition) is 1. The summed E-state index contributed by atoms with van der Waals surface area (Å²) in [6, 6.07) is 7.89. The van der Waals surface area contributed by atoms with E-state index in [1.54, 1.807) is 4.68 Å². The van der Waals surface area contributed by atoms with Gasteiger partial charge in [-0.05, 0) is 30.4 Å². The lowest BCUT2D eigenvalue weighted by Gasteiger charge is -2.10. The van der Waals surface area contributed by atoms with E-state index in [-0.39, 0.29) is 0 Å². The molecule has 0 radical (unpaired) electrons. The molecule has 1 aliphatic rings. The van der Waals surface area contributed by atoms with Gasteiger partial charge in [0.05, 0.1) is 13.1 Å². The highest BCUT2D eigenvalue weighted by Crippen LogP contribution is 2.21. The summed E-state index contributed by atoms with van der Waals surface area (Å²) >= 11 is 8.70. The van der Waals surface area contributed by atoms with E-state index in [2.05, 4.69) is 21.0 Å². The Labute approximate surface area is 125 Å². The summed E-state index contributed by atoms with van der Waals surface area (Å²) in [5, 5.41) is 4.49. The zero-order valence-electron chi connectivity index (χ0n) is 10.4. The molecule has 3 rings (SSSR count). The molecule has 100 valence electrons. The summed E-state index contributed by atoms with van der Waals surface area (Å²) in [5.74, 6) is 0.588. The number of likely N-dealkylation sites (tertiary alicyclic amines) is 1. The molecule has 1 fully saturated rings. The third kappa shape index (κ3) is 2.96. The average molecular weight is 341 g/mol. The van der Waals surface area contributed by atoms with Crippen LogP contribution in [0.1, 0.15) is 12.8 Å². The van der Waals surface area contributed by atoms with E-state index in [9.17, 15) is 0 Å². The first-order valence-electron chi connectivity index (χ1n) is 6.40. The first-order valence-corrected chi connectivity index (χ1v) is 7.60. The summed E-state index contributed by atoms with van der Waals surface area (Å²) in [6.07, 6.45) is 2.58. The Kier molecular flexibility index (Phi) is 3.81. The van der Waals surface area contributed by atoms with Crippen LogP contribution in [0.15, 0.2) is 33.2 Å². The minimum Gasteiger partial charge on any atom is -0.409 e. The smallest absolute Gasteiger partial charge is 0.292 e. The van der Waals surface area contributed by atoms with E-state index in [1.807, 2.05) is 24.3 Å². The van der Waals surface area contributed by atoms with Gasteiger partial charge in [0.15, 0.2) is 6.67 Å². The zero-order valence-corrected chi connectivity index (χ0v) is 12.8. The molecule has 2 aromatic rings. The van der Waals surface area contributed by atoms with Crippen molar-refractivity contribution >= 4 is 28.1 Å². The molecule has 4 nitrogen and oxygen atoms in total. The van der Waals surface area contributed by atoms with Crippen LogP contribution in [0.2, 0.25) is 0 Å². The van der Waals surface area contributed by atoms with Gasteiger partial charge in [-0.3, -0.25) is 0 Å². The summed E-state index contributed by atoms with van der Waals surface area (Å²) in [6.45, 7) is 3.19. The van der Waals surface area contributed by atoms with Gasteiger partial charge in [-0.25, -0.2) is 0 Å². The van der Waals surface area contributed by atoms with Crippen molar-refractivity contribution in [1.82, 2.24) is 9.78 Å². The minimum absolute atomic E-state index is 0.453. The Bertz CT molecular complexity index is 631. The molecule has 2 heterocycles. The van der Waals surface area contributed by atoms with E-state index in [0.29, 0.717) is 10.7 Å². The molecule has 0 saturated carbocycles. The Hall–Kier alpha value is -0.980. The number of rotatable bonds is 3. The van der Waals surface area contributed by atoms with Crippen molar-refractivity contribution in [2.75, 3.05) is 13.1 Å². The molecule has 6 heteroatoms. The number of aromatic nitrogens is 2. The SMILES string of the molecule is S=c1oc(-c2cccc(Br)c2)nn1C[NH+]1CCCC1. The van der Waals surface area contributed by atoms with E-state index < -0.39 is 0 Å². The quantitative estimate of drug-likeness (QED) is 0.870. The molecule has 0 spiro atoms. The number of nitrogens with zero attached hydrogens (tertiary/aromatic N) is 2. The average Bonchev–Trinajstić information content (AvgIpc) is 3.01. The third-order valence-corrected chi connectivity index (χ3v) is 4.15. The fraction of sp³-hybridized carbons (Fsp3) is 0.385. The van der Waals surface area contributed by atoms with Gasteiger partial charge >= 0.3 is 0 Å². The van der Waals surface area contributed by atoms with Crippen molar-refractivity contribution in [2.24, 2.45) is 0 Å². The van der Waals surface area contributed by atoms with Gasteiger partial charge in [0.1, 0.15) is 0 Å². The monoisotopic (exact) mass is 340 g/mol. The molecule has 0 atom stereocenters. The van der Waals surface area contributed by atoms with Crippen LogP contribution in [-0.4, -0.2) is 22.9 Å².